The van der Waals surface area contributed by atoms with Gasteiger partial charge in [0.05, 0.1) is 11.0 Å². The first-order valence-electron chi connectivity index (χ1n) is 21.4. The van der Waals surface area contributed by atoms with Gasteiger partial charge < -0.3 is 4.57 Å². The van der Waals surface area contributed by atoms with E-state index in [4.69, 9.17) is 15.0 Å². The molecule has 282 valence electrons. The number of hydrogen-bond donors (Lipinski definition) is 0. The Morgan fingerprint density at radius 3 is 1.68 bits per heavy atom. The summed E-state index contributed by atoms with van der Waals surface area (Å²) in [4.78, 5) is 15.6. The Kier molecular flexibility index (Phi) is 7.16. The van der Waals surface area contributed by atoms with Crippen LogP contribution < -0.4 is 0 Å². The van der Waals surface area contributed by atoms with E-state index >= 15 is 0 Å². The van der Waals surface area contributed by atoms with Gasteiger partial charge in [-0.15, -0.1) is 0 Å². The highest BCUT2D eigenvalue weighted by molar-refractivity contribution is 6.10. The zero-order chi connectivity index (χ0) is 38.7. The molecule has 2 heterocycles. The van der Waals surface area contributed by atoms with E-state index in [2.05, 4.69) is 168 Å². The van der Waals surface area contributed by atoms with E-state index in [1.807, 2.05) is 6.07 Å². The van der Waals surface area contributed by atoms with Crippen LogP contribution in [0.15, 0.2) is 170 Å². The number of rotatable bonds is 5. The van der Waals surface area contributed by atoms with Gasteiger partial charge in [-0.25, -0.2) is 15.0 Å². The lowest BCUT2D eigenvalue weighted by molar-refractivity contribution is -0.0399. The minimum atomic E-state index is 0.0861. The lowest BCUT2D eigenvalue weighted by Crippen LogP contribution is -2.55. The quantitative estimate of drug-likeness (QED) is 0.176. The summed E-state index contributed by atoms with van der Waals surface area (Å²) >= 11 is 0. The number of para-hydroxylation sites is 2. The standard InChI is InChI=1S/C55H42N4/c1-3-11-37(12-4-1)52-56-53(38-21-19-36(20-22-38)39-24-26-51-47(32-39)46-16-8-10-18-50(46)59(51)43-13-5-2-6-14-43)58-54(57-52)40-23-25-45-44-15-7-9-17-48(44)55(49(45)33-40)41-28-34-27-35(30-41)31-42(55)29-34/h1-26,32-35,41-42H,27-31H2. The Labute approximate surface area is 344 Å². The molecule has 5 aliphatic rings. The van der Waals surface area contributed by atoms with Crippen LogP contribution in [0.3, 0.4) is 0 Å². The average molecular weight is 759 g/mol. The summed E-state index contributed by atoms with van der Waals surface area (Å²) in [5, 5.41) is 2.49. The SMILES string of the molecule is c1ccc(-c2nc(-c3ccc(-c4ccc5c(c4)c4ccccc4n5-c4ccccc4)cc3)nc(-c3ccc4c(c3)C3(c5ccccc5-4)C4CC5CC(C4)CC3C5)n2)cc1. The van der Waals surface area contributed by atoms with E-state index in [0.29, 0.717) is 23.5 Å². The third-order valence-electron chi connectivity index (χ3n) is 14.6. The molecule has 7 aromatic carbocycles. The molecule has 4 heteroatoms. The smallest absolute Gasteiger partial charge is 0.164 e. The van der Waals surface area contributed by atoms with Gasteiger partial charge >= 0.3 is 0 Å². The van der Waals surface area contributed by atoms with E-state index < -0.39 is 0 Å². The molecule has 1 spiro atoms. The monoisotopic (exact) mass is 758 g/mol. The van der Waals surface area contributed by atoms with Gasteiger partial charge in [0.2, 0.25) is 0 Å². The molecular weight excluding hydrogens is 717 g/mol. The molecule has 4 nitrogen and oxygen atoms in total. The lowest BCUT2D eigenvalue weighted by atomic mass is 9.43. The van der Waals surface area contributed by atoms with Crippen LogP contribution in [-0.2, 0) is 5.41 Å². The Balaban J connectivity index is 0.913. The maximum absolute atomic E-state index is 5.28. The van der Waals surface area contributed by atoms with Gasteiger partial charge in [0.15, 0.2) is 17.5 Å². The molecule has 4 fully saturated rings. The molecule has 9 aromatic rings. The van der Waals surface area contributed by atoms with E-state index in [9.17, 15) is 0 Å². The van der Waals surface area contributed by atoms with Crippen molar-refractivity contribution in [1.82, 2.24) is 19.5 Å². The molecule has 0 unspecified atom stereocenters. The minimum Gasteiger partial charge on any atom is -0.309 e. The predicted octanol–water partition coefficient (Wildman–Crippen LogP) is 13.4. The Morgan fingerprint density at radius 1 is 0.390 bits per heavy atom. The Morgan fingerprint density at radius 2 is 0.932 bits per heavy atom. The van der Waals surface area contributed by atoms with Crippen molar-refractivity contribution in [2.75, 3.05) is 0 Å². The maximum atomic E-state index is 5.28. The van der Waals surface area contributed by atoms with Crippen molar-refractivity contribution >= 4 is 21.8 Å². The van der Waals surface area contributed by atoms with E-state index in [1.165, 1.54) is 81.9 Å². The van der Waals surface area contributed by atoms with Gasteiger partial charge in [-0.1, -0.05) is 133 Å². The van der Waals surface area contributed by atoms with E-state index in [1.54, 1.807) is 5.56 Å². The van der Waals surface area contributed by atoms with E-state index in [-0.39, 0.29) is 5.41 Å². The normalized spacial score (nSPS) is 22.3. The Bertz CT molecular complexity index is 3080. The second-order valence-corrected chi connectivity index (χ2v) is 17.6. The van der Waals surface area contributed by atoms with Crippen molar-refractivity contribution in [3.8, 4) is 62.1 Å². The third-order valence-corrected chi connectivity index (χ3v) is 14.6. The highest BCUT2D eigenvalue weighted by Gasteiger charge is 2.61. The molecule has 0 atom stereocenters. The zero-order valence-corrected chi connectivity index (χ0v) is 32.8. The van der Waals surface area contributed by atoms with Gasteiger partial charge in [0.25, 0.3) is 0 Å². The molecular formula is C55H42N4. The average Bonchev–Trinajstić information content (AvgIpc) is 3.78. The van der Waals surface area contributed by atoms with Crippen LogP contribution in [0.2, 0.25) is 0 Å². The molecule has 0 saturated heterocycles. The van der Waals surface area contributed by atoms with Crippen LogP contribution in [0.25, 0.3) is 83.9 Å². The molecule has 14 rings (SSSR count). The largest absolute Gasteiger partial charge is 0.309 e. The Hall–Kier alpha value is -6.65. The summed E-state index contributed by atoms with van der Waals surface area (Å²) < 4.78 is 2.36. The molecule has 2 aromatic heterocycles. The van der Waals surface area contributed by atoms with Crippen LogP contribution >= 0.6 is 0 Å². The molecule has 0 N–H and O–H groups in total. The summed E-state index contributed by atoms with van der Waals surface area (Å²) in [5.41, 5.74) is 15.0. The van der Waals surface area contributed by atoms with Crippen molar-refractivity contribution in [3.05, 3.63) is 181 Å². The highest BCUT2D eigenvalue weighted by Crippen LogP contribution is 2.69. The second kappa shape index (κ2) is 12.7. The molecule has 0 radical (unpaired) electrons. The van der Waals surface area contributed by atoms with Crippen LogP contribution in [0, 0.1) is 23.7 Å². The van der Waals surface area contributed by atoms with Crippen molar-refractivity contribution in [3.63, 3.8) is 0 Å². The van der Waals surface area contributed by atoms with Gasteiger partial charge in [-0.3, -0.25) is 0 Å². The van der Waals surface area contributed by atoms with Crippen LogP contribution in [0.1, 0.15) is 43.2 Å². The van der Waals surface area contributed by atoms with Gasteiger partial charge in [-0.2, -0.15) is 0 Å². The first-order chi connectivity index (χ1) is 29.2. The number of benzene rings is 7. The topological polar surface area (TPSA) is 43.6 Å². The van der Waals surface area contributed by atoms with Gasteiger partial charge in [0, 0.05) is 38.6 Å². The molecule has 5 aliphatic carbocycles. The molecule has 59 heavy (non-hydrogen) atoms. The van der Waals surface area contributed by atoms with Crippen LogP contribution in [0.5, 0.6) is 0 Å². The fourth-order valence-corrected chi connectivity index (χ4v) is 12.5. The lowest BCUT2D eigenvalue weighted by Gasteiger charge is -2.61. The highest BCUT2D eigenvalue weighted by atomic mass is 15.0. The van der Waals surface area contributed by atoms with Gasteiger partial charge in [-0.05, 0) is 126 Å². The first-order valence-corrected chi connectivity index (χ1v) is 21.4. The fourth-order valence-electron chi connectivity index (χ4n) is 12.5. The summed E-state index contributed by atoms with van der Waals surface area (Å²) in [6, 6.07) is 61.7. The maximum Gasteiger partial charge on any atom is 0.164 e. The first kappa shape index (κ1) is 33.3. The fraction of sp³-hybridized carbons (Fsp3) is 0.182. The number of hydrogen-bond acceptors (Lipinski definition) is 3. The molecule has 4 saturated carbocycles. The van der Waals surface area contributed by atoms with Crippen molar-refractivity contribution in [2.45, 2.75) is 37.5 Å². The minimum absolute atomic E-state index is 0.0861. The molecule has 4 bridgehead atoms. The summed E-state index contributed by atoms with van der Waals surface area (Å²) in [6.45, 7) is 0. The van der Waals surface area contributed by atoms with Crippen molar-refractivity contribution in [2.24, 2.45) is 23.7 Å². The molecule has 0 amide bonds. The number of fused-ring (bicyclic) bond motifs is 6. The predicted molar refractivity (Wildman–Crippen MR) is 239 cm³/mol. The number of aromatic nitrogens is 4. The van der Waals surface area contributed by atoms with Gasteiger partial charge in [0.1, 0.15) is 0 Å². The van der Waals surface area contributed by atoms with Crippen molar-refractivity contribution in [1.29, 1.82) is 0 Å². The second-order valence-electron chi connectivity index (χ2n) is 17.6. The summed E-state index contributed by atoms with van der Waals surface area (Å²) in [7, 11) is 0. The summed E-state index contributed by atoms with van der Waals surface area (Å²) in [6.07, 6.45) is 6.89. The van der Waals surface area contributed by atoms with E-state index in [0.717, 1.165) is 39.9 Å². The zero-order valence-electron chi connectivity index (χ0n) is 32.8. The van der Waals surface area contributed by atoms with Crippen molar-refractivity contribution < 1.29 is 0 Å². The van der Waals surface area contributed by atoms with Crippen LogP contribution in [-0.4, -0.2) is 19.5 Å². The molecule has 0 aliphatic heterocycles. The van der Waals surface area contributed by atoms with Crippen LogP contribution in [0.4, 0.5) is 0 Å². The summed E-state index contributed by atoms with van der Waals surface area (Å²) in [5.74, 6) is 5.32. The third kappa shape index (κ3) is 4.93. The number of nitrogens with zero attached hydrogens (tertiary/aromatic N) is 4.